The first-order valence-electron chi connectivity index (χ1n) is 6.85. The molecule has 0 bridgehead atoms. The SMILES string of the molecule is CCCN(c1ccc(CNCC)cc1Br)C(C)C. The third-order valence-electron chi connectivity index (χ3n) is 2.99. The molecule has 0 atom stereocenters. The van der Waals surface area contributed by atoms with Crippen molar-refractivity contribution >= 4 is 21.6 Å². The summed E-state index contributed by atoms with van der Waals surface area (Å²) in [4.78, 5) is 2.45. The van der Waals surface area contributed by atoms with Crippen LogP contribution in [0.15, 0.2) is 22.7 Å². The Morgan fingerprint density at radius 2 is 2.00 bits per heavy atom. The van der Waals surface area contributed by atoms with Gasteiger partial charge in [-0.1, -0.05) is 19.9 Å². The summed E-state index contributed by atoms with van der Waals surface area (Å²) in [6, 6.07) is 7.20. The second-order valence-corrected chi connectivity index (χ2v) is 5.71. The summed E-state index contributed by atoms with van der Waals surface area (Å²) in [6.45, 7) is 11.9. The van der Waals surface area contributed by atoms with E-state index in [4.69, 9.17) is 0 Å². The molecule has 0 saturated heterocycles. The number of nitrogens with zero attached hydrogens (tertiary/aromatic N) is 1. The minimum Gasteiger partial charge on any atom is -0.368 e. The van der Waals surface area contributed by atoms with E-state index in [-0.39, 0.29) is 0 Å². The van der Waals surface area contributed by atoms with Gasteiger partial charge in [-0.3, -0.25) is 0 Å². The predicted octanol–water partition coefficient (Wildman–Crippen LogP) is 4.18. The molecule has 3 heteroatoms. The molecule has 0 aliphatic heterocycles. The highest BCUT2D eigenvalue weighted by Crippen LogP contribution is 2.29. The van der Waals surface area contributed by atoms with E-state index < -0.39 is 0 Å². The van der Waals surface area contributed by atoms with Gasteiger partial charge in [0.15, 0.2) is 0 Å². The van der Waals surface area contributed by atoms with E-state index >= 15 is 0 Å². The molecule has 1 aromatic rings. The molecule has 0 saturated carbocycles. The molecule has 2 nitrogen and oxygen atoms in total. The Balaban J connectivity index is 2.88. The van der Waals surface area contributed by atoms with Crippen LogP contribution in [0.25, 0.3) is 0 Å². The number of nitrogens with one attached hydrogen (secondary N) is 1. The molecule has 0 amide bonds. The van der Waals surface area contributed by atoms with E-state index in [1.807, 2.05) is 0 Å². The lowest BCUT2D eigenvalue weighted by Gasteiger charge is -2.30. The van der Waals surface area contributed by atoms with E-state index in [1.165, 1.54) is 22.1 Å². The van der Waals surface area contributed by atoms with Gasteiger partial charge in [0.05, 0.1) is 5.69 Å². The third-order valence-corrected chi connectivity index (χ3v) is 3.62. The molecule has 0 aliphatic carbocycles. The lowest BCUT2D eigenvalue weighted by Crippen LogP contribution is -2.31. The molecule has 18 heavy (non-hydrogen) atoms. The standard InChI is InChI=1S/C15H25BrN2/c1-5-9-18(12(3)4)15-8-7-13(10-14(15)16)11-17-6-2/h7-8,10,12,17H,5-6,9,11H2,1-4H3. The molecule has 1 rings (SSSR count). The summed E-state index contributed by atoms with van der Waals surface area (Å²) in [5.41, 5.74) is 2.62. The minimum atomic E-state index is 0.529. The van der Waals surface area contributed by atoms with E-state index in [0.717, 1.165) is 19.6 Å². The summed E-state index contributed by atoms with van der Waals surface area (Å²) in [5.74, 6) is 0. The van der Waals surface area contributed by atoms with E-state index in [0.29, 0.717) is 6.04 Å². The summed E-state index contributed by atoms with van der Waals surface area (Å²) >= 11 is 3.71. The van der Waals surface area contributed by atoms with Gasteiger partial charge in [0.25, 0.3) is 0 Å². The van der Waals surface area contributed by atoms with Crippen molar-refractivity contribution in [1.82, 2.24) is 5.32 Å². The Morgan fingerprint density at radius 1 is 1.28 bits per heavy atom. The highest BCUT2D eigenvalue weighted by atomic mass is 79.9. The molecular weight excluding hydrogens is 288 g/mol. The first-order chi connectivity index (χ1) is 8.60. The zero-order valence-corrected chi connectivity index (χ0v) is 13.5. The van der Waals surface area contributed by atoms with Crippen LogP contribution in [-0.4, -0.2) is 19.1 Å². The first kappa shape index (κ1) is 15.5. The molecule has 0 radical (unpaired) electrons. The van der Waals surface area contributed by atoms with Crippen LogP contribution < -0.4 is 10.2 Å². The van der Waals surface area contributed by atoms with Gasteiger partial charge in [-0.2, -0.15) is 0 Å². The second kappa shape index (κ2) is 7.80. The highest BCUT2D eigenvalue weighted by Gasteiger charge is 2.12. The third kappa shape index (κ3) is 4.29. The van der Waals surface area contributed by atoms with Gasteiger partial charge in [0.2, 0.25) is 0 Å². The number of benzene rings is 1. The van der Waals surface area contributed by atoms with Gasteiger partial charge in [0.1, 0.15) is 0 Å². The zero-order chi connectivity index (χ0) is 13.5. The van der Waals surface area contributed by atoms with Gasteiger partial charge in [-0.15, -0.1) is 0 Å². The maximum absolute atomic E-state index is 3.71. The fourth-order valence-corrected chi connectivity index (χ4v) is 2.71. The Morgan fingerprint density at radius 3 is 2.50 bits per heavy atom. The molecule has 102 valence electrons. The number of rotatable bonds is 7. The molecule has 1 aromatic carbocycles. The van der Waals surface area contributed by atoms with Gasteiger partial charge < -0.3 is 10.2 Å². The van der Waals surface area contributed by atoms with Crippen LogP contribution in [0.2, 0.25) is 0 Å². The topological polar surface area (TPSA) is 15.3 Å². The fraction of sp³-hybridized carbons (Fsp3) is 0.600. The normalized spacial score (nSPS) is 11.0. The molecular formula is C15H25BrN2. The minimum absolute atomic E-state index is 0.529. The number of halogens is 1. The lowest BCUT2D eigenvalue weighted by atomic mass is 10.1. The van der Waals surface area contributed by atoms with Crippen molar-refractivity contribution in [3.8, 4) is 0 Å². The van der Waals surface area contributed by atoms with Crippen LogP contribution in [0.4, 0.5) is 5.69 Å². The summed E-state index contributed by atoms with van der Waals surface area (Å²) in [5, 5.41) is 3.35. The van der Waals surface area contributed by atoms with E-state index in [2.05, 4.69) is 72.0 Å². The molecule has 0 aliphatic rings. The number of anilines is 1. The van der Waals surface area contributed by atoms with Crippen LogP contribution in [0.3, 0.4) is 0 Å². The fourth-order valence-electron chi connectivity index (χ4n) is 2.06. The van der Waals surface area contributed by atoms with Crippen LogP contribution in [-0.2, 0) is 6.54 Å². The molecule has 0 heterocycles. The van der Waals surface area contributed by atoms with E-state index in [9.17, 15) is 0 Å². The molecule has 0 spiro atoms. The van der Waals surface area contributed by atoms with Gasteiger partial charge in [-0.25, -0.2) is 0 Å². The van der Waals surface area contributed by atoms with Crippen LogP contribution in [0, 0.1) is 0 Å². The molecule has 0 fully saturated rings. The van der Waals surface area contributed by atoms with Crippen molar-refractivity contribution < 1.29 is 0 Å². The average Bonchev–Trinajstić information content (AvgIpc) is 2.34. The van der Waals surface area contributed by atoms with Crippen molar-refractivity contribution in [2.75, 3.05) is 18.0 Å². The monoisotopic (exact) mass is 312 g/mol. The Hall–Kier alpha value is -0.540. The number of hydrogen-bond acceptors (Lipinski definition) is 2. The van der Waals surface area contributed by atoms with Crippen LogP contribution >= 0.6 is 15.9 Å². The van der Waals surface area contributed by atoms with E-state index in [1.54, 1.807) is 0 Å². The van der Waals surface area contributed by atoms with Crippen LogP contribution in [0.1, 0.15) is 39.7 Å². The average molecular weight is 313 g/mol. The maximum Gasteiger partial charge on any atom is 0.0513 e. The largest absolute Gasteiger partial charge is 0.368 e. The molecule has 1 N–H and O–H groups in total. The van der Waals surface area contributed by atoms with Crippen molar-refractivity contribution in [1.29, 1.82) is 0 Å². The van der Waals surface area contributed by atoms with Crippen molar-refractivity contribution in [2.45, 2.75) is 46.7 Å². The molecule has 0 aromatic heterocycles. The van der Waals surface area contributed by atoms with Crippen LogP contribution in [0.5, 0.6) is 0 Å². The predicted molar refractivity (Wildman–Crippen MR) is 84.3 cm³/mol. The van der Waals surface area contributed by atoms with Crippen molar-refractivity contribution in [2.24, 2.45) is 0 Å². The summed E-state index contributed by atoms with van der Waals surface area (Å²) in [6.07, 6.45) is 1.17. The Labute approximate surface area is 120 Å². The lowest BCUT2D eigenvalue weighted by molar-refractivity contribution is 0.669. The highest BCUT2D eigenvalue weighted by molar-refractivity contribution is 9.10. The Bertz CT molecular complexity index is 364. The first-order valence-corrected chi connectivity index (χ1v) is 7.65. The number of hydrogen-bond donors (Lipinski definition) is 1. The van der Waals surface area contributed by atoms with Crippen molar-refractivity contribution in [3.05, 3.63) is 28.2 Å². The van der Waals surface area contributed by atoms with Gasteiger partial charge >= 0.3 is 0 Å². The smallest absolute Gasteiger partial charge is 0.0513 e. The second-order valence-electron chi connectivity index (χ2n) is 4.85. The Kier molecular flexibility index (Phi) is 6.72. The van der Waals surface area contributed by atoms with Gasteiger partial charge in [0, 0.05) is 23.6 Å². The quantitative estimate of drug-likeness (QED) is 0.812. The zero-order valence-electron chi connectivity index (χ0n) is 12.0. The molecule has 0 unspecified atom stereocenters. The van der Waals surface area contributed by atoms with Crippen molar-refractivity contribution in [3.63, 3.8) is 0 Å². The summed E-state index contributed by atoms with van der Waals surface area (Å²) < 4.78 is 1.19. The maximum atomic E-state index is 3.71. The summed E-state index contributed by atoms with van der Waals surface area (Å²) in [7, 11) is 0. The van der Waals surface area contributed by atoms with Gasteiger partial charge in [-0.05, 0) is 60.4 Å².